The molecule has 2 atom stereocenters. The van der Waals surface area contributed by atoms with Crippen molar-refractivity contribution in [3.63, 3.8) is 0 Å². The van der Waals surface area contributed by atoms with Gasteiger partial charge in [-0.15, -0.1) is 0 Å². The lowest BCUT2D eigenvalue weighted by Crippen LogP contribution is -2.55. The number of carbonyl (C=O) groups excluding carboxylic acids is 3. The molecule has 0 bridgehead atoms. The van der Waals surface area contributed by atoms with Crippen LogP contribution in [0.3, 0.4) is 0 Å². The Hall–Kier alpha value is -1.67. The molecule has 0 aromatic carbocycles. The number of hydrogen-bond donors (Lipinski definition) is 0. The molecule has 46 heavy (non-hydrogen) atoms. The van der Waals surface area contributed by atoms with Crippen molar-refractivity contribution in [3.8, 4) is 0 Å². The van der Waals surface area contributed by atoms with Gasteiger partial charge in [0, 0.05) is 19.3 Å². The fraction of sp³-hybridized carbons (Fsp3) is 0.921. The molecule has 0 saturated carbocycles. The molecular formula is C38H73NO7. The van der Waals surface area contributed by atoms with Crippen LogP contribution in [0.4, 0.5) is 0 Å². The molecule has 0 aromatic heterocycles. The van der Waals surface area contributed by atoms with Gasteiger partial charge < -0.3 is 28.6 Å². The second-order valence-corrected chi connectivity index (χ2v) is 14.2. The third-order valence-corrected chi connectivity index (χ3v) is 8.71. The first kappa shape index (κ1) is 44.3. The van der Waals surface area contributed by atoms with Crippen molar-refractivity contribution in [2.45, 2.75) is 187 Å². The Balaban J connectivity index is 3.90. The standard InChI is InChI=1S/C38H73NO7/c1-6-8-9-10-11-12-13-14-15-16-17-18-19-20-21-22-23-24-25-26-27-29-37(41)46-34(33-45-36(40)28-7-2)32-44-31-30-35(38(42)43)39(3,4)5/h34-35H,6-33H2,1-5H3. The summed E-state index contributed by atoms with van der Waals surface area (Å²) in [4.78, 5) is 35.8. The van der Waals surface area contributed by atoms with Gasteiger partial charge in [0.25, 0.3) is 0 Å². The number of carboxylic acids is 1. The first-order chi connectivity index (χ1) is 22.1. The van der Waals surface area contributed by atoms with Gasteiger partial charge in [-0.25, -0.2) is 0 Å². The summed E-state index contributed by atoms with van der Waals surface area (Å²) in [5.41, 5.74) is 0. The number of nitrogens with zero attached hydrogens (tertiary/aromatic N) is 1. The lowest BCUT2D eigenvalue weighted by molar-refractivity contribution is -0.889. The number of unbranched alkanes of at least 4 members (excludes halogenated alkanes) is 20. The van der Waals surface area contributed by atoms with Crippen LogP contribution in [-0.2, 0) is 28.6 Å². The molecule has 2 unspecified atom stereocenters. The first-order valence-electron chi connectivity index (χ1n) is 19.1. The Morgan fingerprint density at radius 2 is 1.00 bits per heavy atom. The molecule has 0 spiro atoms. The average molecular weight is 656 g/mol. The fourth-order valence-corrected chi connectivity index (χ4v) is 5.76. The van der Waals surface area contributed by atoms with Crippen LogP contribution in [0.2, 0.25) is 0 Å². The molecule has 272 valence electrons. The van der Waals surface area contributed by atoms with Crippen LogP contribution in [-0.4, -0.2) is 75.5 Å². The van der Waals surface area contributed by atoms with Crippen molar-refractivity contribution in [1.29, 1.82) is 0 Å². The van der Waals surface area contributed by atoms with Gasteiger partial charge in [0.2, 0.25) is 0 Å². The third-order valence-electron chi connectivity index (χ3n) is 8.71. The summed E-state index contributed by atoms with van der Waals surface area (Å²) in [5.74, 6) is -1.79. The first-order valence-corrected chi connectivity index (χ1v) is 19.1. The minimum atomic E-state index is -1.13. The monoisotopic (exact) mass is 656 g/mol. The second-order valence-electron chi connectivity index (χ2n) is 14.2. The van der Waals surface area contributed by atoms with E-state index in [0.29, 0.717) is 19.3 Å². The molecule has 0 saturated heterocycles. The Morgan fingerprint density at radius 1 is 0.565 bits per heavy atom. The van der Waals surface area contributed by atoms with Crippen LogP contribution in [0, 0.1) is 0 Å². The van der Waals surface area contributed by atoms with E-state index >= 15 is 0 Å². The number of quaternary nitrogens is 1. The average Bonchev–Trinajstić information content (AvgIpc) is 2.99. The van der Waals surface area contributed by atoms with Gasteiger partial charge in [0.05, 0.1) is 40.3 Å². The highest BCUT2D eigenvalue weighted by atomic mass is 16.6. The molecule has 8 heteroatoms. The van der Waals surface area contributed by atoms with Gasteiger partial charge in [0.1, 0.15) is 12.6 Å². The fourth-order valence-electron chi connectivity index (χ4n) is 5.76. The van der Waals surface area contributed by atoms with Crippen LogP contribution >= 0.6 is 0 Å². The summed E-state index contributed by atoms with van der Waals surface area (Å²) >= 11 is 0. The lowest BCUT2D eigenvalue weighted by atomic mass is 10.0. The molecule has 0 fully saturated rings. The van der Waals surface area contributed by atoms with E-state index in [1.165, 1.54) is 116 Å². The Kier molecular flexibility index (Phi) is 29.5. The predicted molar refractivity (Wildman–Crippen MR) is 185 cm³/mol. The van der Waals surface area contributed by atoms with Gasteiger partial charge >= 0.3 is 11.9 Å². The molecule has 0 N–H and O–H groups in total. The molecular weight excluding hydrogens is 582 g/mol. The number of ether oxygens (including phenoxy) is 3. The highest BCUT2D eigenvalue weighted by Gasteiger charge is 2.25. The molecule has 0 rings (SSSR count). The number of esters is 2. The maximum Gasteiger partial charge on any atom is 0.306 e. The van der Waals surface area contributed by atoms with Crippen LogP contribution in [0.1, 0.15) is 174 Å². The van der Waals surface area contributed by atoms with Crippen LogP contribution in [0.15, 0.2) is 0 Å². The van der Waals surface area contributed by atoms with Crippen molar-refractivity contribution >= 4 is 17.9 Å². The second kappa shape index (κ2) is 30.7. The summed E-state index contributed by atoms with van der Waals surface area (Å²) in [7, 11) is 5.37. The molecule has 0 amide bonds. The maximum atomic E-state index is 12.5. The van der Waals surface area contributed by atoms with E-state index in [4.69, 9.17) is 14.2 Å². The lowest BCUT2D eigenvalue weighted by Gasteiger charge is -2.34. The number of likely N-dealkylation sites (N-methyl/N-ethyl adjacent to an activating group) is 1. The molecule has 0 radical (unpaired) electrons. The van der Waals surface area contributed by atoms with Crippen LogP contribution < -0.4 is 5.11 Å². The quantitative estimate of drug-likeness (QED) is 0.0392. The minimum absolute atomic E-state index is 0.0430. The zero-order valence-electron chi connectivity index (χ0n) is 30.8. The summed E-state index contributed by atoms with van der Waals surface area (Å²) in [5, 5.41) is 11.5. The number of aliphatic carboxylic acids is 1. The van der Waals surface area contributed by atoms with E-state index in [1.54, 1.807) is 21.1 Å². The van der Waals surface area contributed by atoms with E-state index in [2.05, 4.69) is 6.92 Å². The van der Waals surface area contributed by atoms with Crippen molar-refractivity contribution < 1.29 is 38.2 Å². The summed E-state index contributed by atoms with van der Waals surface area (Å²) in [6.07, 6.45) is 28.5. The van der Waals surface area contributed by atoms with E-state index in [9.17, 15) is 19.5 Å². The van der Waals surface area contributed by atoms with Crippen molar-refractivity contribution in [2.24, 2.45) is 0 Å². The number of rotatable bonds is 34. The normalized spacial score (nSPS) is 13.0. The van der Waals surface area contributed by atoms with Gasteiger partial charge in [-0.05, 0) is 12.8 Å². The molecule has 0 aliphatic carbocycles. The van der Waals surface area contributed by atoms with Crippen molar-refractivity contribution in [1.82, 2.24) is 0 Å². The van der Waals surface area contributed by atoms with Gasteiger partial charge in [-0.3, -0.25) is 9.59 Å². The summed E-state index contributed by atoms with van der Waals surface area (Å²) in [6, 6.07) is -0.715. The topological polar surface area (TPSA) is 102 Å². The zero-order chi connectivity index (χ0) is 34.3. The maximum absolute atomic E-state index is 12.5. The van der Waals surface area contributed by atoms with Gasteiger partial charge in [0.15, 0.2) is 6.10 Å². The predicted octanol–water partition coefficient (Wildman–Crippen LogP) is 8.08. The van der Waals surface area contributed by atoms with Crippen LogP contribution in [0.25, 0.3) is 0 Å². The Labute approximate surface area is 283 Å². The van der Waals surface area contributed by atoms with Crippen molar-refractivity contribution in [3.05, 3.63) is 0 Å². The Bertz CT molecular complexity index is 737. The number of hydrogen-bond acceptors (Lipinski definition) is 7. The molecule has 0 aliphatic heterocycles. The zero-order valence-corrected chi connectivity index (χ0v) is 30.8. The number of carboxylic acid groups (broad SMARTS) is 1. The summed E-state index contributed by atoms with van der Waals surface area (Å²) in [6.45, 7) is 4.32. The molecule has 0 heterocycles. The highest BCUT2D eigenvalue weighted by Crippen LogP contribution is 2.16. The van der Waals surface area contributed by atoms with Crippen LogP contribution in [0.5, 0.6) is 0 Å². The van der Waals surface area contributed by atoms with E-state index in [-0.39, 0.29) is 42.7 Å². The minimum Gasteiger partial charge on any atom is -0.544 e. The third kappa shape index (κ3) is 28.5. The largest absolute Gasteiger partial charge is 0.544 e. The molecule has 0 aliphatic rings. The van der Waals surface area contributed by atoms with Gasteiger partial charge in [-0.2, -0.15) is 0 Å². The SMILES string of the molecule is CCCCCCCCCCCCCCCCCCCCCCCC(=O)OC(COCCC(C(=O)[O-])[N+](C)(C)C)COC(=O)CCC. The van der Waals surface area contributed by atoms with E-state index in [1.807, 2.05) is 6.92 Å². The smallest absolute Gasteiger partial charge is 0.306 e. The summed E-state index contributed by atoms with van der Waals surface area (Å²) < 4.78 is 16.7. The van der Waals surface area contributed by atoms with Gasteiger partial charge in [-0.1, -0.05) is 142 Å². The van der Waals surface area contributed by atoms with E-state index in [0.717, 1.165) is 19.3 Å². The number of carbonyl (C=O) groups is 3. The highest BCUT2D eigenvalue weighted by molar-refractivity contribution is 5.70. The van der Waals surface area contributed by atoms with Crippen molar-refractivity contribution in [2.75, 3.05) is 41.0 Å². The Morgan fingerprint density at radius 3 is 1.39 bits per heavy atom. The molecule has 8 nitrogen and oxygen atoms in total. The van der Waals surface area contributed by atoms with E-state index < -0.39 is 18.1 Å². The molecule has 0 aromatic rings.